The fraction of sp³-hybridized carbons (Fsp3) is 0.250. The second kappa shape index (κ2) is 8.71. The lowest BCUT2D eigenvalue weighted by Gasteiger charge is -2.19. The Morgan fingerprint density at radius 2 is 1.57 bits per heavy atom. The van der Waals surface area contributed by atoms with E-state index >= 15 is 0 Å². The molecule has 156 valence electrons. The molecule has 0 bridgehead atoms. The molecule has 1 aromatic heterocycles. The zero-order chi connectivity index (χ0) is 21.9. The van der Waals surface area contributed by atoms with Crippen molar-refractivity contribution in [3.8, 4) is 16.9 Å². The lowest BCUT2D eigenvalue weighted by molar-refractivity contribution is 0.0603. The number of hydrogen-bond donors (Lipinski definition) is 1. The van der Waals surface area contributed by atoms with Crippen LogP contribution in [-0.2, 0) is 10.2 Å². The molecular weight excluding hydrogens is 398 g/mol. The van der Waals surface area contributed by atoms with Crippen LogP contribution in [0.4, 0.5) is 5.00 Å². The largest absolute Gasteiger partial charge is 0.497 e. The van der Waals surface area contributed by atoms with Gasteiger partial charge in [0.1, 0.15) is 16.3 Å². The maximum Gasteiger partial charge on any atom is 0.341 e. The van der Waals surface area contributed by atoms with E-state index in [2.05, 4.69) is 26.1 Å². The molecule has 5 nitrogen and oxygen atoms in total. The molecule has 0 saturated carbocycles. The van der Waals surface area contributed by atoms with E-state index in [4.69, 9.17) is 9.47 Å². The Bertz CT molecular complexity index is 1040. The molecule has 0 aliphatic carbocycles. The summed E-state index contributed by atoms with van der Waals surface area (Å²) in [7, 11) is 2.93. The zero-order valence-corrected chi connectivity index (χ0v) is 18.6. The third-order valence-electron chi connectivity index (χ3n) is 4.82. The maximum absolute atomic E-state index is 12.8. The highest BCUT2D eigenvalue weighted by molar-refractivity contribution is 7.15. The summed E-state index contributed by atoms with van der Waals surface area (Å²) < 4.78 is 10.2. The molecule has 1 amide bonds. The number of thiophene rings is 1. The maximum atomic E-state index is 12.8. The summed E-state index contributed by atoms with van der Waals surface area (Å²) in [5.41, 5.74) is 3.56. The van der Waals surface area contributed by atoms with Gasteiger partial charge in [0.2, 0.25) is 0 Å². The molecule has 3 aromatic rings. The molecule has 0 unspecified atom stereocenters. The van der Waals surface area contributed by atoms with Crippen LogP contribution in [0.5, 0.6) is 5.75 Å². The molecule has 6 heteroatoms. The summed E-state index contributed by atoms with van der Waals surface area (Å²) in [6.07, 6.45) is 0. The standard InChI is InChI=1S/C24H25NO4S/c1-24(2,3)17-10-6-16(7-11-17)21(26)25-22-20(23(27)29-5)19(14-30-22)15-8-12-18(28-4)13-9-15/h6-14H,1-5H3,(H,25,26). The quantitative estimate of drug-likeness (QED) is 0.530. The van der Waals surface area contributed by atoms with Crippen LogP contribution in [-0.4, -0.2) is 26.1 Å². The normalized spacial score (nSPS) is 11.1. The van der Waals surface area contributed by atoms with Crippen LogP contribution in [0.3, 0.4) is 0 Å². The third-order valence-corrected chi connectivity index (χ3v) is 5.72. The van der Waals surface area contributed by atoms with E-state index in [1.54, 1.807) is 19.2 Å². The van der Waals surface area contributed by atoms with E-state index in [0.29, 0.717) is 21.7 Å². The number of carbonyl (C=O) groups excluding carboxylic acids is 2. The third kappa shape index (κ3) is 4.54. The van der Waals surface area contributed by atoms with Crippen LogP contribution in [0.1, 0.15) is 47.1 Å². The highest BCUT2D eigenvalue weighted by Crippen LogP contribution is 2.37. The lowest BCUT2D eigenvalue weighted by atomic mass is 9.87. The first-order valence-corrected chi connectivity index (χ1v) is 10.4. The van der Waals surface area contributed by atoms with Crippen LogP contribution in [0.2, 0.25) is 0 Å². The minimum atomic E-state index is -0.500. The van der Waals surface area contributed by atoms with Gasteiger partial charge < -0.3 is 14.8 Å². The molecular formula is C24H25NO4S. The highest BCUT2D eigenvalue weighted by atomic mass is 32.1. The van der Waals surface area contributed by atoms with Gasteiger partial charge >= 0.3 is 5.97 Å². The summed E-state index contributed by atoms with van der Waals surface area (Å²) in [4.78, 5) is 25.3. The van der Waals surface area contributed by atoms with Gasteiger partial charge in [0, 0.05) is 16.5 Å². The van der Waals surface area contributed by atoms with Crippen molar-refractivity contribution in [2.24, 2.45) is 0 Å². The molecule has 3 rings (SSSR count). The van der Waals surface area contributed by atoms with E-state index in [0.717, 1.165) is 16.9 Å². The molecule has 0 atom stereocenters. The summed E-state index contributed by atoms with van der Waals surface area (Å²) >= 11 is 1.29. The number of rotatable bonds is 5. The summed E-state index contributed by atoms with van der Waals surface area (Å²) in [5.74, 6) is -0.0509. The molecule has 0 radical (unpaired) electrons. The van der Waals surface area contributed by atoms with Crippen molar-refractivity contribution in [1.82, 2.24) is 0 Å². The number of anilines is 1. The van der Waals surface area contributed by atoms with Gasteiger partial charge in [-0.25, -0.2) is 4.79 Å². The van der Waals surface area contributed by atoms with Crippen molar-refractivity contribution in [3.05, 3.63) is 70.6 Å². The number of amides is 1. The van der Waals surface area contributed by atoms with Crippen molar-refractivity contribution in [1.29, 1.82) is 0 Å². The van der Waals surface area contributed by atoms with Crippen LogP contribution in [0.25, 0.3) is 11.1 Å². The van der Waals surface area contributed by atoms with Gasteiger partial charge in [-0.1, -0.05) is 45.0 Å². The predicted octanol–water partition coefficient (Wildman–Crippen LogP) is 5.76. The van der Waals surface area contributed by atoms with Gasteiger partial charge in [-0.3, -0.25) is 4.79 Å². The molecule has 2 aromatic carbocycles. The Morgan fingerprint density at radius 1 is 0.933 bits per heavy atom. The highest BCUT2D eigenvalue weighted by Gasteiger charge is 2.23. The number of methoxy groups -OCH3 is 2. The Kier molecular flexibility index (Phi) is 6.27. The van der Waals surface area contributed by atoms with E-state index in [1.165, 1.54) is 18.4 Å². The van der Waals surface area contributed by atoms with Crippen molar-refractivity contribution < 1.29 is 19.1 Å². The first-order valence-electron chi connectivity index (χ1n) is 9.50. The number of esters is 1. The Hall–Kier alpha value is -3.12. The first kappa shape index (κ1) is 21.6. The minimum Gasteiger partial charge on any atom is -0.497 e. The summed E-state index contributed by atoms with van der Waals surface area (Å²) in [5, 5.41) is 5.16. The Morgan fingerprint density at radius 3 is 2.10 bits per heavy atom. The molecule has 30 heavy (non-hydrogen) atoms. The van der Waals surface area contributed by atoms with E-state index in [1.807, 2.05) is 41.8 Å². The van der Waals surface area contributed by atoms with Gasteiger partial charge in [0.15, 0.2) is 0 Å². The van der Waals surface area contributed by atoms with Gasteiger partial charge in [0.05, 0.1) is 14.2 Å². The second-order valence-electron chi connectivity index (χ2n) is 7.86. The topological polar surface area (TPSA) is 64.6 Å². The molecule has 0 saturated heterocycles. The molecule has 0 fully saturated rings. The number of carbonyl (C=O) groups is 2. The number of ether oxygens (including phenoxy) is 2. The summed E-state index contributed by atoms with van der Waals surface area (Å²) in [6, 6.07) is 14.9. The number of benzene rings is 2. The SMILES string of the molecule is COC(=O)c1c(-c2ccc(OC)cc2)csc1NC(=O)c1ccc(C(C)(C)C)cc1. The van der Waals surface area contributed by atoms with Crippen LogP contribution >= 0.6 is 11.3 Å². The monoisotopic (exact) mass is 423 g/mol. The lowest BCUT2D eigenvalue weighted by Crippen LogP contribution is -2.15. The molecule has 1 heterocycles. The summed E-state index contributed by atoms with van der Waals surface area (Å²) in [6.45, 7) is 6.37. The zero-order valence-electron chi connectivity index (χ0n) is 17.7. The van der Waals surface area contributed by atoms with Crippen LogP contribution in [0, 0.1) is 0 Å². The Balaban J connectivity index is 1.91. The van der Waals surface area contributed by atoms with Gasteiger partial charge in [0.25, 0.3) is 5.91 Å². The van der Waals surface area contributed by atoms with Crippen molar-refractivity contribution in [2.45, 2.75) is 26.2 Å². The average molecular weight is 424 g/mol. The fourth-order valence-electron chi connectivity index (χ4n) is 3.03. The van der Waals surface area contributed by atoms with E-state index in [-0.39, 0.29) is 11.3 Å². The Labute approximate surface area is 180 Å². The van der Waals surface area contributed by atoms with Crippen LogP contribution in [0.15, 0.2) is 53.9 Å². The molecule has 0 spiro atoms. The second-order valence-corrected chi connectivity index (χ2v) is 8.73. The van der Waals surface area contributed by atoms with Crippen molar-refractivity contribution in [3.63, 3.8) is 0 Å². The minimum absolute atomic E-state index is 0.00801. The fourth-order valence-corrected chi connectivity index (χ4v) is 3.99. The number of nitrogens with one attached hydrogen (secondary N) is 1. The molecule has 1 N–H and O–H groups in total. The molecule has 0 aliphatic heterocycles. The van der Waals surface area contributed by atoms with Crippen molar-refractivity contribution in [2.75, 3.05) is 19.5 Å². The van der Waals surface area contributed by atoms with Crippen molar-refractivity contribution >= 4 is 28.2 Å². The average Bonchev–Trinajstić information content (AvgIpc) is 3.16. The van der Waals surface area contributed by atoms with Gasteiger partial charge in [-0.2, -0.15) is 0 Å². The van der Waals surface area contributed by atoms with Gasteiger partial charge in [-0.15, -0.1) is 11.3 Å². The first-order chi connectivity index (χ1) is 14.2. The van der Waals surface area contributed by atoms with Crippen LogP contribution < -0.4 is 10.1 Å². The molecule has 0 aliphatic rings. The van der Waals surface area contributed by atoms with E-state index < -0.39 is 5.97 Å². The van der Waals surface area contributed by atoms with E-state index in [9.17, 15) is 9.59 Å². The number of hydrogen-bond acceptors (Lipinski definition) is 5. The van der Waals surface area contributed by atoms with Gasteiger partial charge in [-0.05, 0) is 40.8 Å². The predicted molar refractivity (Wildman–Crippen MR) is 121 cm³/mol. The smallest absolute Gasteiger partial charge is 0.341 e.